The zero-order valence-electron chi connectivity index (χ0n) is 13.7. The van der Waals surface area contributed by atoms with E-state index in [2.05, 4.69) is 30.7 Å². The quantitative estimate of drug-likeness (QED) is 0.332. The van der Waals surface area contributed by atoms with Gasteiger partial charge in [0.05, 0.1) is 16.7 Å². The van der Waals surface area contributed by atoms with Gasteiger partial charge in [0.2, 0.25) is 0 Å². The largest absolute Gasteiger partial charge is 0.338 e. The molecule has 26 heavy (non-hydrogen) atoms. The van der Waals surface area contributed by atoms with Gasteiger partial charge in [-0.2, -0.15) is 10.1 Å². The first-order valence-corrected chi connectivity index (χ1v) is 7.77. The maximum Gasteiger partial charge on any atom is 0.278 e. The van der Waals surface area contributed by atoms with Gasteiger partial charge >= 0.3 is 0 Å². The molecule has 0 aliphatic rings. The monoisotopic (exact) mass is 347 g/mol. The molecule has 9 heteroatoms. The second-order valence-electron chi connectivity index (χ2n) is 5.69. The van der Waals surface area contributed by atoms with Gasteiger partial charge in [-0.05, 0) is 25.1 Å². The summed E-state index contributed by atoms with van der Waals surface area (Å²) in [6.07, 6.45) is 1.35. The van der Waals surface area contributed by atoms with Crippen LogP contribution in [0.25, 0.3) is 22.1 Å². The van der Waals surface area contributed by atoms with Crippen LogP contribution in [0.1, 0.15) is 11.1 Å². The molecule has 0 aliphatic carbocycles. The van der Waals surface area contributed by atoms with Gasteiger partial charge in [0.1, 0.15) is 5.52 Å². The Morgan fingerprint density at radius 3 is 2.92 bits per heavy atom. The number of nitro groups is 1. The number of anilines is 1. The molecule has 0 atom stereocenters. The molecule has 0 saturated heterocycles. The van der Waals surface area contributed by atoms with Crippen molar-refractivity contribution in [1.29, 1.82) is 0 Å². The Bertz CT molecular complexity index is 1170. The van der Waals surface area contributed by atoms with Crippen LogP contribution in [0.3, 0.4) is 0 Å². The van der Waals surface area contributed by atoms with Gasteiger partial charge in [-0.25, -0.2) is 5.43 Å². The number of para-hydroxylation sites is 1. The molecule has 0 radical (unpaired) electrons. The van der Waals surface area contributed by atoms with E-state index in [1.54, 1.807) is 18.2 Å². The maximum atomic E-state index is 11.0. The molecule has 0 unspecified atom stereocenters. The van der Waals surface area contributed by atoms with Crippen LogP contribution < -0.4 is 5.43 Å². The summed E-state index contributed by atoms with van der Waals surface area (Å²) in [7, 11) is 0. The molecular weight excluding hydrogens is 334 g/mol. The number of hydrazone groups is 1. The van der Waals surface area contributed by atoms with E-state index in [0.717, 1.165) is 16.5 Å². The van der Waals surface area contributed by atoms with Crippen molar-refractivity contribution in [3.8, 4) is 0 Å². The first kappa shape index (κ1) is 15.6. The Labute approximate surface area is 146 Å². The zero-order valence-corrected chi connectivity index (χ0v) is 13.7. The minimum atomic E-state index is -0.460. The van der Waals surface area contributed by atoms with Gasteiger partial charge in [-0.15, -0.1) is 10.2 Å². The van der Waals surface area contributed by atoms with Crippen molar-refractivity contribution in [3.63, 3.8) is 0 Å². The van der Waals surface area contributed by atoms with Gasteiger partial charge in [-0.1, -0.05) is 23.8 Å². The van der Waals surface area contributed by atoms with E-state index in [-0.39, 0.29) is 11.6 Å². The fourth-order valence-corrected chi connectivity index (χ4v) is 2.65. The average Bonchev–Trinajstić information content (AvgIpc) is 2.99. The number of rotatable bonds is 4. The second-order valence-corrected chi connectivity index (χ2v) is 5.69. The predicted octanol–water partition coefficient (Wildman–Crippen LogP) is 3.17. The van der Waals surface area contributed by atoms with Gasteiger partial charge in [-0.3, -0.25) is 10.1 Å². The molecular formula is C17H13N7O2. The topological polar surface area (TPSA) is 122 Å². The Morgan fingerprint density at radius 1 is 1.23 bits per heavy atom. The van der Waals surface area contributed by atoms with Gasteiger partial charge < -0.3 is 4.98 Å². The summed E-state index contributed by atoms with van der Waals surface area (Å²) in [5.41, 5.74) is 6.31. The smallest absolute Gasteiger partial charge is 0.278 e. The molecule has 2 N–H and O–H groups in total. The number of benzene rings is 2. The van der Waals surface area contributed by atoms with E-state index in [9.17, 15) is 10.1 Å². The van der Waals surface area contributed by atoms with Gasteiger partial charge in [0.25, 0.3) is 11.6 Å². The minimum Gasteiger partial charge on any atom is -0.338 e. The number of aryl methyl sites for hydroxylation is 1. The molecule has 4 rings (SSSR count). The number of aromatic nitrogens is 4. The number of hydrogen-bond acceptors (Lipinski definition) is 7. The van der Waals surface area contributed by atoms with Crippen LogP contribution in [0, 0.1) is 17.0 Å². The van der Waals surface area contributed by atoms with E-state index >= 15 is 0 Å². The van der Waals surface area contributed by atoms with Crippen molar-refractivity contribution in [2.24, 2.45) is 5.10 Å². The first-order valence-electron chi connectivity index (χ1n) is 7.77. The van der Waals surface area contributed by atoms with E-state index in [1.165, 1.54) is 12.3 Å². The van der Waals surface area contributed by atoms with Crippen molar-refractivity contribution < 1.29 is 4.92 Å². The molecule has 0 bridgehead atoms. The van der Waals surface area contributed by atoms with Crippen molar-refractivity contribution in [3.05, 3.63) is 63.7 Å². The van der Waals surface area contributed by atoms with Crippen LogP contribution in [-0.2, 0) is 0 Å². The van der Waals surface area contributed by atoms with E-state index < -0.39 is 4.92 Å². The normalized spacial score (nSPS) is 11.4. The highest BCUT2D eigenvalue weighted by Gasteiger charge is 2.11. The van der Waals surface area contributed by atoms with Crippen LogP contribution in [-0.4, -0.2) is 31.3 Å². The lowest BCUT2D eigenvalue weighted by atomic mass is 10.2. The first-order chi connectivity index (χ1) is 12.6. The maximum absolute atomic E-state index is 11.0. The molecule has 0 aliphatic heterocycles. The number of nitro benzene ring substituents is 1. The van der Waals surface area contributed by atoms with Gasteiger partial charge in [0, 0.05) is 17.0 Å². The lowest BCUT2D eigenvalue weighted by molar-refractivity contribution is -0.385. The van der Waals surface area contributed by atoms with E-state index in [1.807, 2.05) is 25.1 Å². The third kappa shape index (κ3) is 2.81. The van der Waals surface area contributed by atoms with Crippen LogP contribution in [0.2, 0.25) is 0 Å². The van der Waals surface area contributed by atoms with Crippen LogP contribution in [0.4, 0.5) is 11.6 Å². The van der Waals surface area contributed by atoms with Crippen molar-refractivity contribution >= 4 is 39.9 Å². The number of H-pyrrole nitrogens is 1. The second kappa shape index (κ2) is 6.20. The van der Waals surface area contributed by atoms with Crippen molar-refractivity contribution in [2.75, 3.05) is 5.43 Å². The van der Waals surface area contributed by atoms with Crippen molar-refractivity contribution in [1.82, 2.24) is 20.2 Å². The number of nitrogens with one attached hydrogen (secondary N) is 2. The highest BCUT2D eigenvalue weighted by atomic mass is 16.6. The molecule has 0 spiro atoms. The Hall–Kier alpha value is -3.88. The molecule has 0 saturated carbocycles. The predicted molar refractivity (Wildman–Crippen MR) is 98.2 cm³/mol. The molecule has 9 nitrogen and oxygen atoms in total. The van der Waals surface area contributed by atoms with Gasteiger partial charge in [0.15, 0.2) is 5.65 Å². The fourth-order valence-electron chi connectivity index (χ4n) is 2.65. The summed E-state index contributed by atoms with van der Waals surface area (Å²) < 4.78 is 0. The highest BCUT2D eigenvalue weighted by Crippen LogP contribution is 2.23. The molecule has 128 valence electrons. The number of fused-ring (bicyclic) bond motifs is 3. The summed E-state index contributed by atoms with van der Waals surface area (Å²) in [5, 5.41) is 24.1. The third-order valence-corrected chi connectivity index (χ3v) is 3.87. The molecule has 2 aromatic heterocycles. The molecule has 0 amide bonds. The van der Waals surface area contributed by atoms with Crippen molar-refractivity contribution in [2.45, 2.75) is 6.92 Å². The SMILES string of the molecule is Cc1ccc2[nH]c3nc(N/N=C\c4ccccc4[N+](=O)[O-])nnc3c2c1. The summed E-state index contributed by atoms with van der Waals surface area (Å²) in [4.78, 5) is 18.1. The summed E-state index contributed by atoms with van der Waals surface area (Å²) in [6.45, 7) is 2.01. The highest BCUT2D eigenvalue weighted by molar-refractivity contribution is 6.03. The minimum absolute atomic E-state index is 0.0291. The number of aromatic amines is 1. The van der Waals surface area contributed by atoms with Crippen LogP contribution >= 0.6 is 0 Å². The van der Waals surface area contributed by atoms with Crippen LogP contribution in [0.5, 0.6) is 0 Å². The van der Waals surface area contributed by atoms with Crippen LogP contribution in [0.15, 0.2) is 47.6 Å². The molecule has 2 heterocycles. The number of hydrogen-bond donors (Lipinski definition) is 2. The Balaban J connectivity index is 1.62. The molecule has 2 aromatic carbocycles. The lowest BCUT2D eigenvalue weighted by Crippen LogP contribution is -2.00. The third-order valence-electron chi connectivity index (χ3n) is 3.87. The lowest BCUT2D eigenvalue weighted by Gasteiger charge is -1.98. The molecule has 4 aromatic rings. The Kier molecular flexibility index (Phi) is 3.73. The Morgan fingerprint density at radius 2 is 2.08 bits per heavy atom. The average molecular weight is 347 g/mol. The standard InChI is InChI=1S/C17H13N7O2/c1-10-6-7-13-12(8-10)15-16(19-13)20-17(23-21-15)22-18-9-11-4-2-3-5-14(11)24(25)26/h2-9H,1H3,(H2,19,20,22,23)/b18-9-. The van der Waals surface area contributed by atoms with E-state index in [0.29, 0.717) is 16.7 Å². The molecule has 0 fully saturated rings. The summed E-state index contributed by atoms with van der Waals surface area (Å²) in [6, 6.07) is 12.3. The van der Waals surface area contributed by atoms with E-state index in [4.69, 9.17) is 0 Å². The number of nitrogens with zero attached hydrogens (tertiary/aromatic N) is 5. The zero-order chi connectivity index (χ0) is 18.1. The fraction of sp³-hybridized carbons (Fsp3) is 0.0588. The summed E-state index contributed by atoms with van der Waals surface area (Å²) in [5.74, 6) is 0.190. The summed E-state index contributed by atoms with van der Waals surface area (Å²) >= 11 is 0.